The van der Waals surface area contributed by atoms with Gasteiger partial charge in [-0.2, -0.15) is 0 Å². The highest BCUT2D eigenvalue weighted by Crippen LogP contribution is 2.30. The lowest BCUT2D eigenvalue weighted by Gasteiger charge is -2.08. The number of amides is 2. The minimum Gasteiger partial charge on any atom is -0.451 e. The van der Waals surface area contributed by atoms with Crippen LogP contribution in [0.4, 0.5) is 0 Å². The molecule has 122 valence electrons. The van der Waals surface area contributed by atoms with E-state index in [1.165, 1.54) is 0 Å². The number of furan rings is 1. The number of nitrogens with two attached hydrogens (primary N) is 1. The first-order valence-corrected chi connectivity index (χ1v) is 7.64. The lowest BCUT2D eigenvalue weighted by atomic mass is 10.0. The molecule has 23 heavy (non-hydrogen) atoms. The summed E-state index contributed by atoms with van der Waals surface area (Å²) in [5.74, 6) is 0.195. The molecule has 5 heteroatoms. The van der Waals surface area contributed by atoms with Crippen molar-refractivity contribution in [3.05, 3.63) is 47.2 Å². The molecule has 0 atom stereocenters. The van der Waals surface area contributed by atoms with Gasteiger partial charge in [0.1, 0.15) is 5.76 Å². The summed E-state index contributed by atoms with van der Waals surface area (Å²) in [4.78, 5) is 23.4. The van der Waals surface area contributed by atoms with Gasteiger partial charge in [-0.3, -0.25) is 9.59 Å². The smallest absolute Gasteiger partial charge is 0.284 e. The number of rotatable bonds is 5. The van der Waals surface area contributed by atoms with Crippen molar-refractivity contribution in [1.29, 1.82) is 0 Å². The topological polar surface area (TPSA) is 85.3 Å². The maximum absolute atomic E-state index is 11.9. The molecule has 0 aliphatic carbocycles. The van der Waals surface area contributed by atoms with Crippen LogP contribution in [0.1, 0.15) is 60.1 Å². The molecule has 2 amide bonds. The first-order valence-electron chi connectivity index (χ1n) is 7.64. The largest absolute Gasteiger partial charge is 0.451 e. The van der Waals surface area contributed by atoms with Crippen LogP contribution in [0.15, 0.2) is 34.7 Å². The molecule has 2 rings (SSSR count). The molecule has 2 aromatic rings. The third-order valence-electron chi connectivity index (χ3n) is 3.46. The van der Waals surface area contributed by atoms with E-state index in [2.05, 4.69) is 5.32 Å². The van der Waals surface area contributed by atoms with Crippen molar-refractivity contribution in [1.82, 2.24) is 5.32 Å². The molecule has 0 saturated carbocycles. The summed E-state index contributed by atoms with van der Waals surface area (Å²) in [6, 6.07) is 8.96. The Morgan fingerprint density at radius 1 is 1.09 bits per heavy atom. The van der Waals surface area contributed by atoms with Crippen LogP contribution in [-0.2, 0) is 0 Å². The Labute approximate surface area is 135 Å². The van der Waals surface area contributed by atoms with Crippen LogP contribution in [0, 0.1) is 0 Å². The Hall–Kier alpha value is -2.56. The highest BCUT2D eigenvalue weighted by Gasteiger charge is 2.19. The summed E-state index contributed by atoms with van der Waals surface area (Å²) in [7, 11) is 0. The van der Waals surface area contributed by atoms with Crippen LogP contribution >= 0.6 is 0 Å². The normalized spacial score (nSPS) is 11.0. The third-order valence-corrected chi connectivity index (χ3v) is 3.46. The van der Waals surface area contributed by atoms with Gasteiger partial charge in [0, 0.05) is 22.7 Å². The van der Waals surface area contributed by atoms with Gasteiger partial charge in [0.25, 0.3) is 11.8 Å². The van der Waals surface area contributed by atoms with Gasteiger partial charge in [0.2, 0.25) is 0 Å². The van der Waals surface area contributed by atoms with Crippen molar-refractivity contribution in [2.45, 2.75) is 39.7 Å². The molecule has 3 N–H and O–H groups in total. The molecule has 0 bridgehead atoms. The Morgan fingerprint density at radius 3 is 2.13 bits per heavy atom. The molecule has 0 saturated heterocycles. The molecule has 1 heterocycles. The molecule has 1 aromatic carbocycles. The predicted molar refractivity (Wildman–Crippen MR) is 89.4 cm³/mol. The second kappa shape index (κ2) is 6.69. The fourth-order valence-corrected chi connectivity index (χ4v) is 2.30. The first-order chi connectivity index (χ1) is 10.8. The zero-order chi connectivity index (χ0) is 17.1. The van der Waals surface area contributed by atoms with Gasteiger partial charge >= 0.3 is 0 Å². The standard InChI is InChI=1S/C18H22N2O3/c1-10(2)14-9-15(23-16(14)17(19)21)12-5-7-13(8-6-12)18(22)20-11(3)4/h5-11H,1-4H3,(H2,19,21)(H,20,22). The summed E-state index contributed by atoms with van der Waals surface area (Å²) in [5, 5.41) is 2.84. The van der Waals surface area contributed by atoms with Crippen molar-refractivity contribution in [3.8, 4) is 11.3 Å². The first kappa shape index (κ1) is 16.8. The van der Waals surface area contributed by atoms with Gasteiger partial charge in [-0.1, -0.05) is 26.0 Å². The van der Waals surface area contributed by atoms with E-state index in [4.69, 9.17) is 10.2 Å². The number of benzene rings is 1. The minimum atomic E-state index is -0.576. The average molecular weight is 314 g/mol. The summed E-state index contributed by atoms with van der Waals surface area (Å²) in [6.45, 7) is 7.77. The Balaban J connectivity index is 2.31. The van der Waals surface area contributed by atoms with Crippen LogP contribution in [-0.4, -0.2) is 17.9 Å². The van der Waals surface area contributed by atoms with Crippen LogP contribution < -0.4 is 11.1 Å². The predicted octanol–water partition coefficient (Wildman–Crippen LogP) is 3.31. The second-order valence-corrected chi connectivity index (χ2v) is 6.12. The van der Waals surface area contributed by atoms with Crippen LogP contribution in [0.3, 0.4) is 0 Å². The van der Waals surface area contributed by atoms with Crippen molar-refractivity contribution >= 4 is 11.8 Å². The summed E-state index contributed by atoms with van der Waals surface area (Å²) in [5.41, 5.74) is 7.52. The number of carbonyl (C=O) groups is 2. The molecule has 5 nitrogen and oxygen atoms in total. The van der Waals surface area contributed by atoms with E-state index in [0.29, 0.717) is 11.3 Å². The van der Waals surface area contributed by atoms with Crippen LogP contribution in [0.25, 0.3) is 11.3 Å². The Kier molecular flexibility index (Phi) is 4.89. The van der Waals surface area contributed by atoms with E-state index in [-0.39, 0.29) is 23.6 Å². The van der Waals surface area contributed by atoms with Crippen molar-refractivity contribution in [3.63, 3.8) is 0 Å². The number of carbonyl (C=O) groups excluding carboxylic acids is 2. The molecule has 0 aliphatic heterocycles. The minimum absolute atomic E-state index is 0.0824. The van der Waals surface area contributed by atoms with Gasteiger partial charge in [0.15, 0.2) is 5.76 Å². The van der Waals surface area contributed by atoms with Crippen molar-refractivity contribution in [2.75, 3.05) is 0 Å². The third kappa shape index (κ3) is 3.80. The van der Waals surface area contributed by atoms with Gasteiger partial charge in [-0.25, -0.2) is 0 Å². The monoisotopic (exact) mass is 314 g/mol. The number of nitrogens with one attached hydrogen (secondary N) is 1. The summed E-state index contributed by atoms with van der Waals surface area (Å²) < 4.78 is 5.61. The van der Waals surface area contributed by atoms with Crippen LogP contribution in [0.5, 0.6) is 0 Å². The van der Waals surface area contributed by atoms with Gasteiger partial charge in [0.05, 0.1) is 0 Å². The molecular formula is C18H22N2O3. The van der Waals surface area contributed by atoms with Crippen LogP contribution in [0.2, 0.25) is 0 Å². The quantitative estimate of drug-likeness (QED) is 0.888. The lowest BCUT2D eigenvalue weighted by Crippen LogP contribution is -2.29. The van der Waals surface area contributed by atoms with E-state index in [9.17, 15) is 9.59 Å². The fourth-order valence-electron chi connectivity index (χ4n) is 2.30. The number of primary amides is 1. The zero-order valence-electron chi connectivity index (χ0n) is 13.8. The van der Waals surface area contributed by atoms with Gasteiger partial charge < -0.3 is 15.5 Å². The van der Waals surface area contributed by atoms with E-state index in [1.807, 2.05) is 33.8 Å². The molecule has 0 fully saturated rings. The molecule has 1 aromatic heterocycles. The zero-order valence-corrected chi connectivity index (χ0v) is 13.8. The average Bonchev–Trinajstić information content (AvgIpc) is 2.92. The Morgan fingerprint density at radius 2 is 1.70 bits per heavy atom. The maximum atomic E-state index is 11.9. The molecule has 0 unspecified atom stereocenters. The second-order valence-electron chi connectivity index (χ2n) is 6.12. The molecule has 0 spiro atoms. The van der Waals surface area contributed by atoms with E-state index >= 15 is 0 Å². The highest BCUT2D eigenvalue weighted by molar-refractivity contribution is 5.95. The maximum Gasteiger partial charge on any atom is 0.284 e. The van der Waals surface area contributed by atoms with Gasteiger partial charge in [-0.15, -0.1) is 0 Å². The highest BCUT2D eigenvalue weighted by atomic mass is 16.4. The molecule has 0 radical (unpaired) electrons. The fraction of sp³-hybridized carbons (Fsp3) is 0.333. The molecule has 0 aliphatic rings. The van der Waals surface area contributed by atoms with Crippen molar-refractivity contribution < 1.29 is 14.0 Å². The van der Waals surface area contributed by atoms with E-state index < -0.39 is 5.91 Å². The van der Waals surface area contributed by atoms with E-state index in [1.54, 1.807) is 24.3 Å². The number of hydrogen-bond acceptors (Lipinski definition) is 3. The SMILES string of the molecule is CC(C)NC(=O)c1ccc(-c2cc(C(C)C)c(C(N)=O)o2)cc1. The van der Waals surface area contributed by atoms with Crippen molar-refractivity contribution in [2.24, 2.45) is 5.73 Å². The van der Waals surface area contributed by atoms with Gasteiger partial charge in [-0.05, 0) is 38.0 Å². The molecular weight excluding hydrogens is 292 g/mol. The summed E-state index contributed by atoms with van der Waals surface area (Å²) in [6.07, 6.45) is 0. The summed E-state index contributed by atoms with van der Waals surface area (Å²) >= 11 is 0. The lowest BCUT2D eigenvalue weighted by molar-refractivity contribution is 0.0941. The van der Waals surface area contributed by atoms with E-state index in [0.717, 1.165) is 11.1 Å². The number of hydrogen-bond donors (Lipinski definition) is 2. The Bertz CT molecular complexity index is 712.